The van der Waals surface area contributed by atoms with E-state index >= 15 is 0 Å². The molecule has 3 aromatic rings. The second kappa shape index (κ2) is 12.8. The summed E-state index contributed by atoms with van der Waals surface area (Å²) in [7, 11) is 0. The van der Waals surface area contributed by atoms with Crippen molar-refractivity contribution >= 4 is 6.48 Å². The van der Waals surface area contributed by atoms with Gasteiger partial charge < -0.3 is 24.8 Å². The molecule has 0 saturated heterocycles. The zero-order valence-corrected chi connectivity index (χ0v) is 27.6. The Balaban J connectivity index is 0.00000200. The van der Waals surface area contributed by atoms with E-state index < -0.39 is 21.3 Å². The van der Waals surface area contributed by atoms with Crippen molar-refractivity contribution in [1.82, 2.24) is 0 Å². The quantitative estimate of drug-likeness (QED) is 0.311. The van der Waals surface area contributed by atoms with E-state index in [1.54, 1.807) is 23.2 Å². The molecular weight excluding hydrogens is 583 g/mol. The molecule has 0 amide bonds. The van der Waals surface area contributed by atoms with Crippen molar-refractivity contribution in [2.75, 3.05) is 0 Å². The van der Waals surface area contributed by atoms with Crippen LogP contribution in [-0.2, 0) is 27.7 Å². The van der Waals surface area contributed by atoms with Crippen molar-refractivity contribution in [3.8, 4) is 11.1 Å². The van der Waals surface area contributed by atoms with Gasteiger partial charge in [0.1, 0.15) is 0 Å². The first-order chi connectivity index (χ1) is 17.4. The fourth-order valence-electron chi connectivity index (χ4n) is 6.52. The van der Waals surface area contributed by atoms with Crippen molar-refractivity contribution in [2.24, 2.45) is 11.3 Å². The van der Waals surface area contributed by atoms with Crippen LogP contribution in [0.15, 0.2) is 93.3 Å². The van der Waals surface area contributed by atoms with Gasteiger partial charge in [0.25, 0.3) is 0 Å². The average molecular weight is 623 g/mol. The summed E-state index contributed by atoms with van der Waals surface area (Å²) in [5, 5.41) is 0. The third-order valence-electron chi connectivity index (χ3n) is 8.16. The average Bonchev–Trinajstić information content (AvgIpc) is 3.46. The fraction of sp³-hybridized carbons (Fsp3) is 0.343. The molecule has 2 aliphatic carbocycles. The summed E-state index contributed by atoms with van der Waals surface area (Å²) in [4.78, 5) is 0. The van der Waals surface area contributed by atoms with Gasteiger partial charge in [0.2, 0.25) is 0 Å². The van der Waals surface area contributed by atoms with Gasteiger partial charge in [-0.2, -0.15) is 0 Å². The number of hydrogen-bond acceptors (Lipinski definition) is 0. The predicted molar refractivity (Wildman–Crippen MR) is 154 cm³/mol. The summed E-state index contributed by atoms with van der Waals surface area (Å²) >= 11 is -2.50. The molecule has 0 radical (unpaired) electrons. The van der Waals surface area contributed by atoms with E-state index in [4.69, 9.17) is 0 Å². The van der Waals surface area contributed by atoms with E-state index in [-0.39, 0.29) is 30.2 Å². The second-order valence-corrected chi connectivity index (χ2v) is 17.3. The van der Waals surface area contributed by atoms with E-state index in [0.717, 1.165) is 19.3 Å². The third kappa shape index (κ3) is 5.54. The van der Waals surface area contributed by atoms with E-state index in [0.29, 0.717) is 5.92 Å². The molecule has 38 heavy (non-hydrogen) atoms. The van der Waals surface area contributed by atoms with Crippen LogP contribution in [0.1, 0.15) is 77.5 Å². The molecule has 0 aromatic heterocycles. The van der Waals surface area contributed by atoms with Gasteiger partial charge in [-0.15, -0.1) is 0 Å². The summed E-state index contributed by atoms with van der Waals surface area (Å²) in [6.07, 6.45) is 7.23. The van der Waals surface area contributed by atoms with Gasteiger partial charge in [-0.25, -0.2) is 0 Å². The largest absolute Gasteiger partial charge is 1.00 e. The van der Waals surface area contributed by atoms with E-state index in [2.05, 4.69) is 120 Å². The first kappa shape index (κ1) is 31.0. The van der Waals surface area contributed by atoms with Gasteiger partial charge in [-0.3, -0.25) is 0 Å². The maximum Gasteiger partial charge on any atom is -1.00 e. The van der Waals surface area contributed by atoms with Crippen molar-refractivity contribution in [3.63, 3.8) is 0 Å². The molecule has 0 N–H and O–H groups in total. The number of hydrogen-bond donors (Lipinski definition) is 0. The van der Waals surface area contributed by atoms with Crippen LogP contribution < -0.4 is 28.1 Å². The van der Waals surface area contributed by atoms with Gasteiger partial charge in [0.15, 0.2) is 0 Å². The SMILES string of the molecule is CCC1=[C](/[Zr+2](=[C](\CC)c2ccccc2)[c]2cccc3c2Cc2ccccc2-3)C(CC)C=C1C(C)(C)C.[Cl-].[Cl-]. The minimum atomic E-state index is -2.50. The Morgan fingerprint density at radius 3 is 2.11 bits per heavy atom. The summed E-state index contributed by atoms with van der Waals surface area (Å²) in [5.74, 6) is 0.577. The fourth-order valence-corrected chi connectivity index (χ4v) is 15.9. The maximum atomic E-state index is 2.67. The summed E-state index contributed by atoms with van der Waals surface area (Å²) in [6.45, 7) is 14.4. The number of benzene rings is 3. The first-order valence-corrected chi connectivity index (χ1v) is 17.5. The Kier molecular flexibility index (Phi) is 10.4. The number of rotatable bonds is 6. The van der Waals surface area contributed by atoms with Gasteiger partial charge in [0, 0.05) is 0 Å². The minimum Gasteiger partial charge on any atom is -1.00 e. The van der Waals surface area contributed by atoms with Gasteiger partial charge in [0.05, 0.1) is 0 Å². The zero-order chi connectivity index (χ0) is 25.4. The van der Waals surface area contributed by atoms with Crippen LogP contribution in [0.25, 0.3) is 11.1 Å². The molecule has 0 spiro atoms. The Morgan fingerprint density at radius 1 is 0.816 bits per heavy atom. The molecule has 0 heterocycles. The van der Waals surface area contributed by atoms with E-state index in [9.17, 15) is 0 Å². The Morgan fingerprint density at radius 2 is 1.47 bits per heavy atom. The molecule has 3 heteroatoms. The molecule has 0 bridgehead atoms. The van der Waals surface area contributed by atoms with Crippen LogP contribution in [-0.4, -0.2) is 3.21 Å². The van der Waals surface area contributed by atoms with Gasteiger partial charge in [-0.1, -0.05) is 0 Å². The van der Waals surface area contributed by atoms with Crippen molar-refractivity contribution in [1.29, 1.82) is 0 Å². The van der Waals surface area contributed by atoms with Crippen molar-refractivity contribution in [3.05, 3.63) is 110 Å². The van der Waals surface area contributed by atoms with Crippen LogP contribution in [0, 0.1) is 11.3 Å². The molecule has 1 atom stereocenters. The summed E-state index contributed by atoms with van der Waals surface area (Å²) in [5.41, 5.74) is 11.0. The maximum absolute atomic E-state index is 2.67. The van der Waals surface area contributed by atoms with E-state index in [1.807, 2.05) is 3.28 Å². The number of fused-ring (bicyclic) bond motifs is 3. The summed E-state index contributed by atoms with van der Waals surface area (Å²) < 4.78 is 5.33. The van der Waals surface area contributed by atoms with Crippen molar-refractivity contribution in [2.45, 2.75) is 67.2 Å². The number of allylic oxidation sites excluding steroid dienone is 4. The molecule has 0 saturated carbocycles. The van der Waals surface area contributed by atoms with Crippen LogP contribution >= 0.6 is 0 Å². The Labute approximate surface area is 250 Å². The number of halogens is 2. The monoisotopic (exact) mass is 620 g/mol. The van der Waals surface area contributed by atoms with Crippen LogP contribution in [0.3, 0.4) is 0 Å². The molecule has 0 aliphatic heterocycles. The van der Waals surface area contributed by atoms with E-state index in [1.165, 1.54) is 28.7 Å². The van der Waals surface area contributed by atoms with Crippen molar-refractivity contribution < 1.29 is 46.1 Å². The van der Waals surface area contributed by atoms with Crippen LogP contribution in [0.2, 0.25) is 0 Å². The molecule has 0 fully saturated rings. The molecule has 3 aromatic carbocycles. The molecule has 198 valence electrons. The molecule has 1 unspecified atom stereocenters. The standard InChI is InChI=1S/C13H9.C13H21.C9H10.2ClH.Zr/c1-3-7-12-10(5-1)9-11-6-2-4-8-13(11)12;1-6-10-8-11(7-2)12(9-10)13(3,4)5;1-2-6-9-7-4-3-5-8-9;;;/h1-5,7-8H,9H2;9-10H,6-7H2,1-5H3;3-5,7-8H,2H2,1H3;2*1H;/q;;;;;+2/p-2. The minimum absolute atomic E-state index is 0. The normalized spacial score (nSPS) is 16.2. The van der Waals surface area contributed by atoms with Crippen LogP contribution in [0.5, 0.6) is 0 Å². The molecule has 0 nitrogen and oxygen atoms in total. The Bertz CT molecular complexity index is 1390. The molecule has 2 aliphatic rings. The van der Waals surface area contributed by atoms with Gasteiger partial charge >= 0.3 is 227 Å². The van der Waals surface area contributed by atoms with Crippen LogP contribution in [0.4, 0.5) is 0 Å². The Hall–Kier alpha value is -1.53. The first-order valence-electron chi connectivity index (χ1n) is 13.8. The third-order valence-corrected chi connectivity index (χ3v) is 16.7. The molecular formula is C35H40Cl2Zr. The zero-order valence-electron chi connectivity index (χ0n) is 23.7. The predicted octanol–water partition coefficient (Wildman–Crippen LogP) is 2.82. The summed E-state index contributed by atoms with van der Waals surface area (Å²) in [6, 6.07) is 27.7. The second-order valence-electron chi connectivity index (χ2n) is 11.3. The smallest absolute Gasteiger partial charge is 1.00 e. The molecule has 5 rings (SSSR count). The topological polar surface area (TPSA) is 0 Å². The van der Waals surface area contributed by atoms with Gasteiger partial charge in [-0.05, 0) is 0 Å².